The van der Waals surface area contributed by atoms with Crippen molar-refractivity contribution >= 4 is 34.5 Å². The Labute approximate surface area is 138 Å². The summed E-state index contributed by atoms with van der Waals surface area (Å²) in [7, 11) is 0. The van der Waals surface area contributed by atoms with Crippen molar-refractivity contribution in [1.29, 1.82) is 0 Å². The summed E-state index contributed by atoms with van der Waals surface area (Å²) in [4.78, 5) is 29.2. The number of carbonyl (C=O) groups is 2. The van der Waals surface area contributed by atoms with Gasteiger partial charge in [0.05, 0.1) is 17.5 Å². The molecule has 0 aliphatic carbocycles. The SMILES string of the molecule is Cc1ccccc1NC(=O)[C@@H]1CC(=O)Nc2nc3ccccc3n21. The Balaban J connectivity index is 1.75. The number of fused-ring (bicyclic) bond motifs is 3. The average Bonchev–Trinajstić information content (AvgIpc) is 2.94. The minimum atomic E-state index is -0.624. The van der Waals surface area contributed by atoms with E-state index in [-0.39, 0.29) is 18.2 Å². The highest BCUT2D eigenvalue weighted by atomic mass is 16.2. The first kappa shape index (κ1) is 14.4. The van der Waals surface area contributed by atoms with Crippen LogP contribution in [-0.4, -0.2) is 21.4 Å². The van der Waals surface area contributed by atoms with Crippen LogP contribution in [0.3, 0.4) is 0 Å². The smallest absolute Gasteiger partial charge is 0.248 e. The van der Waals surface area contributed by atoms with Crippen LogP contribution in [0.4, 0.5) is 11.6 Å². The van der Waals surface area contributed by atoms with Crippen LogP contribution < -0.4 is 10.6 Å². The van der Waals surface area contributed by atoms with Crippen LogP contribution in [0.1, 0.15) is 18.0 Å². The topological polar surface area (TPSA) is 76.0 Å². The van der Waals surface area contributed by atoms with E-state index in [1.807, 2.05) is 55.5 Å². The molecule has 1 aliphatic rings. The molecule has 1 aromatic heterocycles. The van der Waals surface area contributed by atoms with Gasteiger partial charge in [-0.3, -0.25) is 19.5 Å². The van der Waals surface area contributed by atoms with Crippen LogP contribution in [0.25, 0.3) is 11.0 Å². The molecule has 0 spiro atoms. The number of amides is 2. The third kappa shape index (κ3) is 2.32. The van der Waals surface area contributed by atoms with Gasteiger partial charge in [-0.1, -0.05) is 30.3 Å². The Morgan fingerprint density at radius 2 is 1.96 bits per heavy atom. The molecule has 24 heavy (non-hydrogen) atoms. The van der Waals surface area contributed by atoms with Crippen molar-refractivity contribution in [2.75, 3.05) is 10.6 Å². The summed E-state index contributed by atoms with van der Waals surface area (Å²) in [5.74, 6) is -0.0105. The molecule has 0 fully saturated rings. The minimum Gasteiger partial charge on any atom is -0.324 e. The number of anilines is 2. The molecule has 0 saturated heterocycles. The third-order valence-corrected chi connectivity index (χ3v) is 4.24. The van der Waals surface area contributed by atoms with Crippen molar-refractivity contribution in [3.63, 3.8) is 0 Å². The number of hydrogen-bond acceptors (Lipinski definition) is 3. The number of para-hydroxylation sites is 3. The Kier molecular flexibility index (Phi) is 3.30. The maximum atomic E-state index is 12.8. The van der Waals surface area contributed by atoms with Crippen molar-refractivity contribution in [3.8, 4) is 0 Å². The molecule has 120 valence electrons. The number of rotatable bonds is 2. The summed E-state index contributed by atoms with van der Waals surface area (Å²) in [6, 6.07) is 14.5. The van der Waals surface area contributed by atoms with Crippen LogP contribution in [-0.2, 0) is 9.59 Å². The number of aromatic nitrogens is 2. The second kappa shape index (κ2) is 5.49. The van der Waals surface area contributed by atoms with E-state index in [0.29, 0.717) is 5.95 Å². The van der Waals surface area contributed by atoms with Crippen LogP contribution in [0.15, 0.2) is 48.5 Å². The highest BCUT2D eigenvalue weighted by molar-refractivity contribution is 6.03. The van der Waals surface area contributed by atoms with E-state index in [2.05, 4.69) is 15.6 Å². The number of imidazole rings is 1. The van der Waals surface area contributed by atoms with Gasteiger partial charge < -0.3 is 5.32 Å². The monoisotopic (exact) mass is 320 g/mol. The highest BCUT2D eigenvalue weighted by Gasteiger charge is 2.32. The Morgan fingerprint density at radius 3 is 2.79 bits per heavy atom. The summed E-state index contributed by atoms with van der Waals surface area (Å²) in [5, 5.41) is 5.67. The molecule has 1 atom stereocenters. The molecular weight excluding hydrogens is 304 g/mol. The van der Waals surface area contributed by atoms with E-state index < -0.39 is 6.04 Å². The first-order chi connectivity index (χ1) is 11.6. The normalized spacial score (nSPS) is 16.5. The summed E-state index contributed by atoms with van der Waals surface area (Å²) in [6.45, 7) is 1.93. The van der Waals surface area contributed by atoms with Gasteiger partial charge in [0.1, 0.15) is 6.04 Å². The predicted octanol–water partition coefficient (Wildman–Crippen LogP) is 2.87. The van der Waals surface area contributed by atoms with Gasteiger partial charge in [-0.2, -0.15) is 0 Å². The lowest BCUT2D eigenvalue weighted by molar-refractivity contribution is -0.124. The molecule has 0 radical (unpaired) electrons. The molecule has 0 bridgehead atoms. The lowest BCUT2D eigenvalue weighted by Crippen LogP contribution is -2.35. The molecule has 4 rings (SSSR count). The fourth-order valence-electron chi connectivity index (χ4n) is 3.03. The molecule has 2 amide bonds. The highest BCUT2D eigenvalue weighted by Crippen LogP contribution is 2.31. The first-order valence-corrected chi connectivity index (χ1v) is 7.77. The minimum absolute atomic E-state index is 0.0884. The van der Waals surface area contributed by atoms with Crippen LogP contribution in [0, 0.1) is 6.92 Å². The van der Waals surface area contributed by atoms with Gasteiger partial charge in [-0.25, -0.2) is 4.98 Å². The molecule has 2 aromatic carbocycles. The van der Waals surface area contributed by atoms with E-state index in [4.69, 9.17) is 0 Å². The Bertz CT molecular complexity index is 961. The molecule has 0 unspecified atom stereocenters. The zero-order valence-corrected chi connectivity index (χ0v) is 13.1. The number of carbonyl (C=O) groups excluding carboxylic acids is 2. The van der Waals surface area contributed by atoms with Crippen molar-refractivity contribution in [2.24, 2.45) is 0 Å². The standard InChI is InChI=1S/C18H16N4O2/c1-11-6-2-3-7-12(11)19-17(24)15-10-16(23)21-18-20-13-8-4-5-9-14(13)22(15)18/h2-9,15H,10H2,1H3,(H,19,24)(H,20,21,23)/t15-/m0/s1. The second-order valence-electron chi connectivity index (χ2n) is 5.87. The number of aryl methyl sites for hydroxylation is 1. The maximum Gasteiger partial charge on any atom is 0.248 e. The van der Waals surface area contributed by atoms with Crippen molar-refractivity contribution in [3.05, 3.63) is 54.1 Å². The molecule has 1 aliphatic heterocycles. The van der Waals surface area contributed by atoms with E-state index in [1.165, 1.54) is 0 Å². The lowest BCUT2D eigenvalue weighted by Gasteiger charge is -2.25. The van der Waals surface area contributed by atoms with Crippen LogP contribution >= 0.6 is 0 Å². The molecule has 6 nitrogen and oxygen atoms in total. The average molecular weight is 320 g/mol. The number of benzene rings is 2. The zero-order valence-electron chi connectivity index (χ0n) is 13.1. The summed E-state index contributed by atoms with van der Waals surface area (Å²) >= 11 is 0. The molecule has 3 aromatic rings. The van der Waals surface area contributed by atoms with Gasteiger partial charge in [0.25, 0.3) is 0 Å². The van der Waals surface area contributed by atoms with Gasteiger partial charge in [0.15, 0.2) is 0 Å². The van der Waals surface area contributed by atoms with Gasteiger partial charge in [0.2, 0.25) is 17.8 Å². The van der Waals surface area contributed by atoms with Crippen molar-refractivity contribution in [2.45, 2.75) is 19.4 Å². The summed E-state index contributed by atoms with van der Waals surface area (Å²) in [5.41, 5.74) is 3.31. The fourth-order valence-corrected chi connectivity index (χ4v) is 3.03. The lowest BCUT2D eigenvalue weighted by atomic mass is 10.1. The molecule has 2 heterocycles. The van der Waals surface area contributed by atoms with Gasteiger partial charge >= 0.3 is 0 Å². The molecular formula is C18H16N4O2. The van der Waals surface area contributed by atoms with Gasteiger partial charge in [-0.15, -0.1) is 0 Å². The van der Waals surface area contributed by atoms with Crippen LogP contribution in [0.5, 0.6) is 0 Å². The molecule has 0 saturated carbocycles. The maximum absolute atomic E-state index is 12.8. The summed E-state index contributed by atoms with van der Waals surface area (Å²) in [6.07, 6.45) is 0.0884. The fraction of sp³-hybridized carbons (Fsp3) is 0.167. The van der Waals surface area contributed by atoms with Crippen LogP contribution in [0.2, 0.25) is 0 Å². The Morgan fingerprint density at radius 1 is 1.21 bits per heavy atom. The third-order valence-electron chi connectivity index (χ3n) is 4.24. The van der Waals surface area contributed by atoms with Gasteiger partial charge in [0, 0.05) is 5.69 Å². The second-order valence-corrected chi connectivity index (χ2v) is 5.87. The first-order valence-electron chi connectivity index (χ1n) is 7.77. The number of hydrogen-bond donors (Lipinski definition) is 2. The largest absolute Gasteiger partial charge is 0.324 e. The van der Waals surface area contributed by atoms with Crippen molar-refractivity contribution < 1.29 is 9.59 Å². The van der Waals surface area contributed by atoms with E-state index in [9.17, 15) is 9.59 Å². The molecule has 2 N–H and O–H groups in total. The van der Waals surface area contributed by atoms with E-state index in [1.54, 1.807) is 4.57 Å². The van der Waals surface area contributed by atoms with E-state index >= 15 is 0 Å². The van der Waals surface area contributed by atoms with E-state index in [0.717, 1.165) is 22.3 Å². The predicted molar refractivity (Wildman–Crippen MR) is 91.8 cm³/mol. The number of nitrogens with zero attached hydrogens (tertiary/aromatic N) is 2. The summed E-state index contributed by atoms with van der Waals surface area (Å²) < 4.78 is 1.80. The number of nitrogens with one attached hydrogen (secondary N) is 2. The zero-order chi connectivity index (χ0) is 16.7. The molecule has 6 heteroatoms. The van der Waals surface area contributed by atoms with Crippen molar-refractivity contribution in [1.82, 2.24) is 9.55 Å². The quantitative estimate of drug-likeness (QED) is 0.762. The van der Waals surface area contributed by atoms with Gasteiger partial charge in [-0.05, 0) is 30.7 Å². The Hall–Kier alpha value is -3.15.